The molecule has 0 saturated carbocycles. The predicted molar refractivity (Wildman–Crippen MR) is 74.5 cm³/mol. The number of hydrogen-bond donors (Lipinski definition) is 1. The lowest BCUT2D eigenvalue weighted by Crippen LogP contribution is -2.40. The Bertz CT molecular complexity index is 298. The van der Waals surface area contributed by atoms with Crippen LogP contribution < -0.4 is 0 Å². The molecule has 0 amide bonds. The van der Waals surface area contributed by atoms with Crippen molar-refractivity contribution in [3.63, 3.8) is 0 Å². The number of thiol groups is 1. The van der Waals surface area contributed by atoms with E-state index in [1.54, 1.807) is 0 Å². The summed E-state index contributed by atoms with van der Waals surface area (Å²) in [6, 6.07) is 0. The molecule has 6 heteroatoms. The zero-order valence-electron chi connectivity index (χ0n) is 9.80. The highest BCUT2D eigenvalue weighted by Gasteiger charge is 2.15. The highest BCUT2D eigenvalue weighted by atomic mass is 32.1. The van der Waals surface area contributed by atoms with Crippen molar-refractivity contribution >= 4 is 29.8 Å². The molecule has 0 N–H and O–H groups in total. The van der Waals surface area contributed by atoms with Gasteiger partial charge in [0.25, 0.3) is 0 Å². The first kappa shape index (κ1) is 13.1. The van der Waals surface area contributed by atoms with E-state index in [2.05, 4.69) is 22.4 Å². The van der Waals surface area contributed by atoms with Crippen LogP contribution in [0.2, 0.25) is 0 Å². The monoisotopic (exact) mass is 274 g/mol. The molecule has 2 aliphatic heterocycles. The van der Waals surface area contributed by atoms with Gasteiger partial charge in [-0.3, -0.25) is 0 Å². The maximum Gasteiger partial charge on any atom is 0.104 e. The van der Waals surface area contributed by atoms with Crippen LogP contribution in [0, 0.1) is 0 Å². The quantitative estimate of drug-likeness (QED) is 0.455. The molecule has 0 spiro atoms. The summed E-state index contributed by atoms with van der Waals surface area (Å²) in [5.41, 5.74) is 0. The van der Waals surface area contributed by atoms with Crippen molar-refractivity contribution in [3.05, 3.63) is 11.1 Å². The minimum Gasteiger partial charge on any atom is -0.378 e. The smallest absolute Gasteiger partial charge is 0.104 e. The van der Waals surface area contributed by atoms with Crippen LogP contribution in [0.15, 0.2) is 11.1 Å². The fraction of sp³-hybridized carbons (Fsp3) is 0.727. The van der Waals surface area contributed by atoms with E-state index in [0.717, 1.165) is 62.6 Å². The van der Waals surface area contributed by atoms with Gasteiger partial charge in [-0.25, -0.2) is 0 Å². The molecule has 0 radical (unpaired) electrons. The molecule has 2 saturated heterocycles. The Morgan fingerprint density at radius 1 is 0.941 bits per heavy atom. The Morgan fingerprint density at radius 2 is 1.41 bits per heavy atom. The van der Waals surface area contributed by atoms with Crippen LogP contribution >= 0.6 is 24.8 Å². The number of nitrogens with zero attached hydrogens (tertiary/aromatic N) is 2. The molecule has 0 aromatic carbocycles. The van der Waals surface area contributed by atoms with Gasteiger partial charge in [0.2, 0.25) is 0 Å². The minimum atomic E-state index is 0.757. The Balaban J connectivity index is 1.89. The second-order valence-electron chi connectivity index (χ2n) is 4.04. The van der Waals surface area contributed by atoms with Crippen LogP contribution in [0.5, 0.6) is 0 Å². The Morgan fingerprint density at radius 3 is 1.94 bits per heavy atom. The van der Waals surface area contributed by atoms with E-state index in [4.69, 9.17) is 21.7 Å². The summed E-state index contributed by atoms with van der Waals surface area (Å²) < 4.78 is 10.6. The van der Waals surface area contributed by atoms with E-state index in [1.807, 2.05) is 6.08 Å². The molecule has 2 rings (SSSR count). The normalized spacial score (nSPS) is 22.8. The van der Waals surface area contributed by atoms with Gasteiger partial charge in [0.05, 0.1) is 31.5 Å². The molecule has 0 aromatic heterocycles. The topological polar surface area (TPSA) is 24.9 Å². The molecule has 17 heavy (non-hydrogen) atoms. The largest absolute Gasteiger partial charge is 0.378 e. The zero-order chi connectivity index (χ0) is 12.1. The van der Waals surface area contributed by atoms with E-state index < -0.39 is 0 Å². The Hall–Kier alpha value is -0.300. The third-order valence-corrected chi connectivity index (χ3v) is 3.70. The maximum absolute atomic E-state index is 5.41. The maximum atomic E-state index is 5.41. The zero-order valence-corrected chi connectivity index (χ0v) is 11.5. The van der Waals surface area contributed by atoms with Gasteiger partial charge in [-0.1, -0.05) is 12.2 Å². The van der Waals surface area contributed by atoms with Crippen LogP contribution in [-0.4, -0.2) is 67.4 Å². The van der Waals surface area contributed by atoms with Gasteiger partial charge in [-0.05, 0) is 0 Å². The van der Waals surface area contributed by atoms with E-state index >= 15 is 0 Å². The van der Waals surface area contributed by atoms with Crippen molar-refractivity contribution in [3.8, 4) is 0 Å². The third-order valence-electron chi connectivity index (χ3n) is 2.91. The minimum absolute atomic E-state index is 0.757. The van der Waals surface area contributed by atoms with Crippen molar-refractivity contribution in [1.82, 2.24) is 9.80 Å². The van der Waals surface area contributed by atoms with Crippen molar-refractivity contribution in [1.29, 1.82) is 0 Å². The molecule has 0 unspecified atom stereocenters. The molecule has 0 atom stereocenters. The molecular weight excluding hydrogens is 256 g/mol. The van der Waals surface area contributed by atoms with Gasteiger partial charge in [-0.2, -0.15) is 0 Å². The van der Waals surface area contributed by atoms with Crippen LogP contribution in [-0.2, 0) is 9.47 Å². The molecule has 2 aliphatic rings. The van der Waals surface area contributed by atoms with Gasteiger partial charge < -0.3 is 19.3 Å². The van der Waals surface area contributed by atoms with Crippen molar-refractivity contribution in [2.75, 3.05) is 52.6 Å². The highest BCUT2D eigenvalue weighted by molar-refractivity contribution is 7.84. The number of rotatable bonds is 2. The fourth-order valence-electron chi connectivity index (χ4n) is 1.87. The first-order chi connectivity index (χ1) is 8.27. The van der Waals surface area contributed by atoms with Crippen molar-refractivity contribution in [2.24, 2.45) is 0 Å². The Labute approximate surface area is 113 Å². The van der Waals surface area contributed by atoms with Gasteiger partial charge in [0.15, 0.2) is 0 Å². The van der Waals surface area contributed by atoms with Crippen LogP contribution in [0.3, 0.4) is 0 Å². The molecule has 96 valence electrons. The molecule has 0 bridgehead atoms. The molecule has 2 heterocycles. The second kappa shape index (κ2) is 6.58. The number of hydrogen-bond acceptors (Lipinski definition) is 5. The van der Waals surface area contributed by atoms with Gasteiger partial charge in [0, 0.05) is 32.3 Å². The average Bonchev–Trinajstić information content (AvgIpc) is 2.40. The average molecular weight is 274 g/mol. The van der Waals surface area contributed by atoms with Gasteiger partial charge >= 0.3 is 0 Å². The molecule has 4 nitrogen and oxygen atoms in total. The summed E-state index contributed by atoms with van der Waals surface area (Å²) in [6.07, 6.45) is 1.97. The summed E-state index contributed by atoms with van der Waals surface area (Å²) >= 11 is 9.92. The highest BCUT2D eigenvalue weighted by Crippen LogP contribution is 2.13. The summed E-state index contributed by atoms with van der Waals surface area (Å²) in [5, 5.41) is 0.935. The third kappa shape index (κ3) is 3.84. The lowest BCUT2D eigenvalue weighted by molar-refractivity contribution is 0.0576. The van der Waals surface area contributed by atoms with Crippen molar-refractivity contribution in [2.45, 2.75) is 0 Å². The van der Waals surface area contributed by atoms with E-state index in [0.29, 0.717) is 0 Å². The fourth-order valence-corrected chi connectivity index (χ4v) is 2.57. The molecule has 0 aromatic rings. The Kier molecular flexibility index (Phi) is 5.09. The number of morpholine rings is 2. The first-order valence-corrected chi connectivity index (χ1v) is 6.73. The van der Waals surface area contributed by atoms with Crippen LogP contribution in [0.25, 0.3) is 0 Å². The molecular formula is C11H18N2O2S2. The van der Waals surface area contributed by atoms with Crippen molar-refractivity contribution < 1.29 is 9.47 Å². The predicted octanol–water partition coefficient (Wildman–Crippen LogP) is 0.749. The van der Waals surface area contributed by atoms with Gasteiger partial charge in [0.1, 0.15) is 4.99 Å². The molecule has 2 fully saturated rings. The number of thiocarbonyl (C=S) groups is 1. The SMILES string of the molecule is S=C(/C=C(\S)N1CCOCC1)N1CCOCC1. The molecule has 0 aliphatic carbocycles. The van der Waals surface area contributed by atoms with Gasteiger partial charge in [-0.15, -0.1) is 12.6 Å². The second-order valence-corrected chi connectivity index (χ2v) is 4.92. The summed E-state index contributed by atoms with van der Waals surface area (Å²) in [7, 11) is 0. The van der Waals surface area contributed by atoms with E-state index in [1.165, 1.54) is 0 Å². The van der Waals surface area contributed by atoms with Crippen LogP contribution in [0.1, 0.15) is 0 Å². The van der Waals surface area contributed by atoms with E-state index in [-0.39, 0.29) is 0 Å². The summed E-state index contributed by atoms with van der Waals surface area (Å²) in [6.45, 7) is 6.58. The van der Waals surface area contributed by atoms with Crippen LogP contribution in [0.4, 0.5) is 0 Å². The number of ether oxygens (including phenoxy) is 2. The summed E-state index contributed by atoms with van der Waals surface area (Å²) in [4.78, 5) is 5.21. The lowest BCUT2D eigenvalue weighted by Gasteiger charge is -2.31. The lowest BCUT2D eigenvalue weighted by atomic mass is 10.4. The van der Waals surface area contributed by atoms with E-state index in [9.17, 15) is 0 Å². The summed E-state index contributed by atoms with van der Waals surface area (Å²) in [5.74, 6) is 0. The standard InChI is InChI=1S/C11H18N2O2S2/c16-10(12-1-5-14-6-2-12)9-11(17)13-3-7-15-8-4-13/h9,16H,1-8H2/b10-9-. The first-order valence-electron chi connectivity index (χ1n) is 5.87.